The summed E-state index contributed by atoms with van der Waals surface area (Å²) in [6.45, 7) is 3.79. The van der Waals surface area contributed by atoms with Gasteiger partial charge >= 0.3 is 0 Å². The number of nitrogens with one attached hydrogen (secondary N) is 1. The number of aliphatic hydroxyl groups is 1. The van der Waals surface area contributed by atoms with Crippen LogP contribution >= 0.6 is 11.8 Å². The zero-order valence-corrected chi connectivity index (χ0v) is 9.52. The van der Waals surface area contributed by atoms with Crippen LogP contribution in [0.1, 0.15) is 19.4 Å². The molecule has 0 aliphatic carbocycles. The zero-order valence-electron chi connectivity index (χ0n) is 8.70. The fourth-order valence-electron chi connectivity index (χ4n) is 1.46. The molecule has 1 aromatic carbocycles. The normalized spacial score (nSPS) is 18.2. The number of fused-ring (bicyclic) bond motifs is 1. The van der Waals surface area contributed by atoms with Gasteiger partial charge < -0.3 is 10.4 Å². The van der Waals surface area contributed by atoms with Gasteiger partial charge in [-0.25, -0.2) is 0 Å². The first-order chi connectivity index (χ1) is 7.03. The van der Waals surface area contributed by atoms with Gasteiger partial charge in [0.05, 0.1) is 17.0 Å². The van der Waals surface area contributed by atoms with Crippen molar-refractivity contribution in [2.45, 2.75) is 30.1 Å². The third kappa shape index (κ3) is 1.87. The third-order valence-corrected chi connectivity index (χ3v) is 3.66. The molecule has 0 spiro atoms. The van der Waals surface area contributed by atoms with E-state index in [9.17, 15) is 4.79 Å². The van der Waals surface area contributed by atoms with E-state index in [1.54, 1.807) is 11.8 Å². The average molecular weight is 223 g/mol. The van der Waals surface area contributed by atoms with Crippen LogP contribution < -0.4 is 5.32 Å². The third-order valence-electron chi connectivity index (χ3n) is 2.39. The molecule has 2 rings (SSSR count). The monoisotopic (exact) mass is 223 g/mol. The Morgan fingerprint density at radius 1 is 1.47 bits per heavy atom. The van der Waals surface area contributed by atoms with Crippen LogP contribution in [0.3, 0.4) is 0 Å². The van der Waals surface area contributed by atoms with Crippen LogP contribution in [0.2, 0.25) is 0 Å². The Kier molecular flexibility index (Phi) is 2.48. The molecule has 0 saturated heterocycles. The fourth-order valence-corrected chi connectivity index (χ4v) is 2.51. The van der Waals surface area contributed by atoms with Crippen LogP contribution in [0.25, 0.3) is 0 Å². The van der Waals surface area contributed by atoms with E-state index in [4.69, 9.17) is 5.11 Å². The second-order valence-corrected chi connectivity index (χ2v) is 5.72. The van der Waals surface area contributed by atoms with Gasteiger partial charge in [0.2, 0.25) is 5.91 Å². The molecule has 1 heterocycles. The van der Waals surface area contributed by atoms with Crippen molar-refractivity contribution >= 4 is 23.4 Å². The van der Waals surface area contributed by atoms with Crippen molar-refractivity contribution in [3.63, 3.8) is 0 Å². The van der Waals surface area contributed by atoms with Gasteiger partial charge in [-0.15, -0.1) is 11.8 Å². The molecule has 0 bridgehead atoms. The minimum Gasteiger partial charge on any atom is -0.392 e. The number of benzene rings is 1. The van der Waals surface area contributed by atoms with E-state index >= 15 is 0 Å². The molecule has 0 radical (unpaired) electrons. The van der Waals surface area contributed by atoms with Crippen LogP contribution in [-0.2, 0) is 11.4 Å². The minimum absolute atomic E-state index is 0.00277. The van der Waals surface area contributed by atoms with Crippen molar-refractivity contribution in [1.82, 2.24) is 0 Å². The first-order valence-corrected chi connectivity index (χ1v) is 5.59. The number of carbonyl (C=O) groups is 1. The maximum absolute atomic E-state index is 11.7. The Balaban J connectivity index is 2.41. The first kappa shape index (κ1) is 10.5. The number of aliphatic hydroxyl groups excluding tert-OH is 1. The SMILES string of the molecule is CC1(C)Sc2ccc(CO)cc2NC1=O. The second-order valence-electron chi connectivity index (χ2n) is 4.06. The highest BCUT2D eigenvalue weighted by Crippen LogP contribution is 2.42. The van der Waals surface area contributed by atoms with Crippen molar-refractivity contribution < 1.29 is 9.90 Å². The lowest BCUT2D eigenvalue weighted by Crippen LogP contribution is -2.37. The van der Waals surface area contributed by atoms with E-state index in [1.807, 2.05) is 32.0 Å². The summed E-state index contributed by atoms with van der Waals surface area (Å²) in [7, 11) is 0. The summed E-state index contributed by atoms with van der Waals surface area (Å²) >= 11 is 1.55. The molecule has 2 N–H and O–H groups in total. The molecule has 80 valence electrons. The second kappa shape index (κ2) is 3.54. The number of carbonyl (C=O) groups excluding carboxylic acids is 1. The van der Waals surface area contributed by atoms with E-state index in [1.165, 1.54) is 0 Å². The van der Waals surface area contributed by atoms with Crippen LogP contribution in [-0.4, -0.2) is 15.8 Å². The summed E-state index contributed by atoms with van der Waals surface area (Å²) in [6.07, 6.45) is 0. The van der Waals surface area contributed by atoms with Crippen LogP contribution in [0.5, 0.6) is 0 Å². The lowest BCUT2D eigenvalue weighted by Gasteiger charge is -2.29. The molecule has 1 aliphatic rings. The molecule has 4 heteroatoms. The fraction of sp³-hybridized carbons (Fsp3) is 0.364. The van der Waals surface area contributed by atoms with Crippen molar-refractivity contribution in [2.75, 3.05) is 5.32 Å². The maximum Gasteiger partial charge on any atom is 0.240 e. The highest BCUT2D eigenvalue weighted by Gasteiger charge is 2.34. The van der Waals surface area contributed by atoms with Gasteiger partial charge in [0.1, 0.15) is 0 Å². The topological polar surface area (TPSA) is 49.3 Å². The van der Waals surface area contributed by atoms with Crippen molar-refractivity contribution in [1.29, 1.82) is 0 Å². The molecule has 1 aromatic rings. The summed E-state index contributed by atoms with van der Waals surface area (Å²) in [4.78, 5) is 12.7. The molecule has 1 aliphatic heterocycles. The summed E-state index contributed by atoms with van der Waals surface area (Å²) in [5, 5.41) is 11.8. The number of rotatable bonds is 1. The van der Waals surface area contributed by atoms with Crippen LogP contribution in [0.4, 0.5) is 5.69 Å². The Bertz CT molecular complexity index is 415. The van der Waals surface area contributed by atoms with Gasteiger partial charge in [0.15, 0.2) is 0 Å². The van der Waals surface area contributed by atoms with Crippen molar-refractivity contribution in [3.05, 3.63) is 23.8 Å². The zero-order chi connectivity index (χ0) is 11.1. The molecule has 0 atom stereocenters. The molecular formula is C11H13NO2S. The van der Waals surface area contributed by atoms with E-state index in [-0.39, 0.29) is 12.5 Å². The van der Waals surface area contributed by atoms with Crippen molar-refractivity contribution in [3.8, 4) is 0 Å². The maximum atomic E-state index is 11.7. The van der Waals surface area contributed by atoms with Gasteiger partial charge in [0, 0.05) is 4.90 Å². The Morgan fingerprint density at radius 2 is 2.20 bits per heavy atom. The molecular weight excluding hydrogens is 210 g/mol. The summed E-state index contributed by atoms with van der Waals surface area (Å²) in [6, 6.07) is 5.63. The lowest BCUT2D eigenvalue weighted by molar-refractivity contribution is -0.117. The van der Waals surface area contributed by atoms with Crippen molar-refractivity contribution in [2.24, 2.45) is 0 Å². The van der Waals surface area contributed by atoms with Crippen LogP contribution in [0.15, 0.2) is 23.1 Å². The standard InChI is InChI=1S/C11H13NO2S/c1-11(2)10(14)12-8-5-7(6-13)3-4-9(8)15-11/h3-5,13H,6H2,1-2H3,(H,12,14). The molecule has 0 aromatic heterocycles. The van der Waals surface area contributed by atoms with Gasteiger partial charge in [-0.05, 0) is 31.5 Å². The first-order valence-electron chi connectivity index (χ1n) is 4.77. The predicted molar refractivity (Wildman–Crippen MR) is 60.9 cm³/mol. The molecule has 0 saturated carbocycles. The van der Waals surface area contributed by atoms with Crippen LogP contribution in [0, 0.1) is 0 Å². The number of hydrogen-bond acceptors (Lipinski definition) is 3. The lowest BCUT2D eigenvalue weighted by atomic mass is 10.1. The van der Waals surface area contributed by atoms with E-state index < -0.39 is 4.75 Å². The van der Waals surface area contributed by atoms with Gasteiger partial charge in [0.25, 0.3) is 0 Å². The molecule has 0 unspecified atom stereocenters. The van der Waals surface area contributed by atoms with E-state index in [0.717, 1.165) is 16.1 Å². The van der Waals surface area contributed by atoms with E-state index in [0.29, 0.717) is 0 Å². The minimum atomic E-state index is -0.423. The Labute approximate surface area is 92.9 Å². The largest absolute Gasteiger partial charge is 0.392 e. The number of amides is 1. The number of hydrogen-bond donors (Lipinski definition) is 2. The average Bonchev–Trinajstić information content (AvgIpc) is 2.19. The Morgan fingerprint density at radius 3 is 2.87 bits per heavy atom. The van der Waals surface area contributed by atoms with Gasteiger partial charge in [-0.3, -0.25) is 4.79 Å². The number of thioether (sulfide) groups is 1. The molecule has 1 amide bonds. The predicted octanol–water partition coefficient (Wildman–Crippen LogP) is 2.00. The highest BCUT2D eigenvalue weighted by atomic mass is 32.2. The number of anilines is 1. The molecule has 3 nitrogen and oxygen atoms in total. The summed E-state index contributed by atoms with van der Waals surface area (Å²) in [5.74, 6) is 0.00934. The Hall–Kier alpha value is -1.00. The smallest absolute Gasteiger partial charge is 0.240 e. The summed E-state index contributed by atoms with van der Waals surface area (Å²) < 4.78 is -0.423. The summed E-state index contributed by atoms with van der Waals surface area (Å²) in [5.41, 5.74) is 1.62. The van der Waals surface area contributed by atoms with Gasteiger partial charge in [-0.1, -0.05) is 6.07 Å². The van der Waals surface area contributed by atoms with Gasteiger partial charge in [-0.2, -0.15) is 0 Å². The molecule has 15 heavy (non-hydrogen) atoms. The molecule has 0 fully saturated rings. The highest BCUT2D eigenvalue weighted by molar-refractivity contribution is 8.01. The quantitative estimate of drug-likeness (QED) is 0.765. The van der Waals surface area contributed by atoms with E-state index in [2.05, 4.69) is 5.32 Å².